The fourth-order valence-corrected chi connectivity index (χ4v) is 3.76. The van der Waals surface area contributed by atoms with Crippen molar-refractivity contribution in [2.24, 2.45) is 5.84 Å². The van der Waals surface area contributed by atoms with Crippen LogP contribution in [0.3, 0.4) is 0 Å². The van der Waals surface area contributed by atoms with Gasteiger partial charge in [-0.05, 0) is 43.2 Å². The van der Waals surface area contributed by atoms with Crippen molar-refractivity contribution in [3.8, 4) is 0 Å². The van der Waals surface area contributed by atoms with E-state index in [2.05, 4.69) is 29.9 Å². The Labute approximate surface area is 125 Å². The van der Waals surface area contributed by atoms with Gasteiger partial charge in [0.2, 0.25) is 0 Å². The Balaban J connectivity index is 2.36. The first kappa shape index (κ1) is 14.1. The number of carbonyl (C=O) groups is 1. The van der Waals surface area contributed by atoms with E-state index in [4.69, 9.17) is 5.84 Å². The summed E-state index contributed by atoms with van der Waals surface area (Å²) in [5.74, 6) is 5.71. The van der Waals surface area contributed by atoms with E-state index in [1.54, 1.807) is 0 Å². The first-order chi connectivity index (χ1) is 10.2. The second-order valence-corrected chi connectivity index (χ2v) is 5.98. The zero-order valence-electron chi connectivity index (χ0n) is 12.8. The minimum atomic E-state index is -0.208. The van der Waals surface area contributed by atoms with E-state index in [0.29, 0.717) is 11.5 Å². The molecule has 0 fully saturated rings. The lowest BCUT2D eigenvalue weighted by Crippen LogP contribution is -2.30. The number of benzene rings is 1. The molecular weight excluding hydrogens is 262 g/mol. The Morgan fingerprint density at radius 1 is 1.48 bits per heavy atom. The van der Waals surface area contributed by atoms with Crippen LogP contribution >= 0.6 is 0 Å². The number of nitrogen functional groups attached to an aromatic ring is 1. The van der Waals surface area contributed by atoms with Gasteiger partial charge in [0.25, 0.3) is 5.91 Å². The van der Waals surface area contributed by atoms with Gasteiger partial charge in [-0.3, -0.25) is 10.2 Å². The van der Waals surface area contributed by atoms with Gasteiger partial charge in [-0.15, -0.1) is 0 Å². The third-order valence-electron chi connectivity index (χ3n) is 4.58. The predicted octanol–water partition coefficient (Wildman–Crippen LogP) is 3.09. The molecule has 21 heavy (non-hydrogen) atoms. The Kier molecular flexibility index (Phi) is 3.72. The van der Waals surface area contributed by atoms with Crippen LogP contribution in [0.25, 0.3) is 10.9 Å². The molecule has 0 saturated heterocycles. The number of hydrogen-bond donors (Lipinski definition) is 2. The molecule has 0 bridgehead atoms. The van der Waals surface area contributed by atoms with Crippen molar-refractivity contribution < 1.29 is 4.79 Å². The number of nitrogens with one attached hydrogen (secondary N) is 1. The van der Waals surface area contributed by atoms with Gasteiger partial charge in [-0.1, -0.05) is 26.0 Å². The van der Waals surface area contributed by atoms with Crippen LogP contribution in [0.4, 0.5) is 0 Å². The van der Waals surface area contributed by atoms with Crippen molar-refractivity contribution in [1.29, 1.82) is 0 Å². The number of carbonyl (C=O) groups excluding carboxylic acids is 1. The highest BCUT2D eigenvalue weighted by Gasteiger charge is 2.26. The highest BCUT2D eigenvalue weighted by Crippen LogP contribution is 2.39. The smallest absolute Gasteiger partial charge is 0.267 e. The molecule has 1 aliphatic carbocycles. The molecule has 4 nitrogen and oxygen atoms in total. The maximum atomic E-state index is 12.1. The first-order valence-electron chi connectivity index (χ1n) is 7.84. The molecule has 2 aromatic rings. The SMILES string of the molecule is CCCn1c2c(c3cccc(C(=O)NN)c31)CCCC2C. The van der Waals surface area contributed by atoms with Crippen LogP contribution in [-0.2, 0) is 13.0 Å². The number of hydrogen-bond acceptors (Lipinski definition) is 2. The number of aromatic nitrogens is 1. The zero-order chi connectivity index (χ0) is 15.0. The third kappa shape index (κ3) is 2.14. The van der Waals surface area contributed by atoms with Crippen LogP contribution in [0.2, 0.25) is 0 Å². The van der Waals surface area contributed by atoms with E-state index in [-0.39, 0.29) is 5.91 Å². The molecule has 1 aromatic carbocycles. The fourth-order valence-electron chi connectivity index (χ4n) is 3.76. The quantitative estimate of drug-likeness (QED) is 0.517. The van der Waals surface area contributed by atoms with Crippen LogP contribution in [0.1, 0.15) is 60.6 Å². The normalized spacial score (nSPS) is 17.8. The predicted molar refractivity (Wildman–Crippen MR) is 85.2 cm³/mol. The highest BCUT2D eigenvalue weighted by atomic mass is 16.2. The van der Waals surface area contributed by atoms with Crippen LogP contribution in [0.15, 0.2) is 18.2 Å². The summed E-state index contributed by atoms with van der Waals surface area (Å²) in [7, 11) is 0. The van der Waals surface area contributed by atoms with E-state index in [1.807, 2.05) is 12.1 Å². The fraction of sp³-hybridized carbons (Fsp3) is 0.471. The maximum absolute atomic E-state index is 12.1. The van der Waals surface area contributed by atoms with Crippen LogP contribution in [0, 0.1) is 0 Å². The monoisotopic (exact) mass is 285 g/mol. The van der Waals surface area contributed by atoms with Gasteiger partial charge in [0.1, 0.15) is 0 Å². The summed E-state index contributed by atoms with van der Waals surface area (Å²) in [6, 6.07) is 5.97. The average Bonchev–Trinajstić information content (AvgIpc) is 2.83. The highest BCUT2D eigenvalue weighted by molar-refractivity contribution is 6.07. The van der Waals surface area contributed by atoms with Crippen molar-refractivity contribution in [2.75, 3.05) is 0 Å². The van der Waals surface area contributed by atoms with Crippen molar-refractivity contribution >= 4 is 16.8 Å². The Bertz CT molecular complexity index is 687. The first-order valence-corrected chi connectivity index (χ1v) is 7.84. The number of nitrogens with zero attached hydrogens (tertiary/aromatic N) is 1. The summed E-state index contributed by atoms with van der Waals surface area (Å²) < 4.78 is 2.36. The van der Waals surface area contributed by atoms with E-state index in [1.165, 1.54) is 29.5 Å². The lowest BCUT2D eigenvalue weighted by molar-refractivity contribution is 0.0955. The molecule has 1 atom stereocenters. The van der Waals surface area contributed by atoms with Crippen LogP contribution < -0.4 is 11.3 Å². The van der Waals surface area contributed by atoms with Gasteiger partial charge in [-0.25, -0.2) is 5.84 Å². The second kappa shape index (κ2) is 5.53. The molecule has 1 heterocycles. The van der Waals surface area contributed by atoms with Crippen molar-refractivity contribution in [3.63, 3.8) is 0 Å². The average molecular weight is 285 g/mol. The summed E-state index contributed by atoms with van der Waals surface area (Å²) in [6.07, 6.45) is 4.63. The van der Waals surface area contributed by atoms with Gasteiger partial charge in [-0.2, -0.15) is 0 Å². The van der Waals surface area contributed by atoms with Gasteiger partial charge < -0.3 is 4.57 Å². The summed E-state index contributed by atoms with van der Waals surface area (Å²) in [4.78, 5) is 12.1. The molecule has 1 unspecified atom stereocenters. The molecule has 1 aromatic heterocycles. The van der Waals surface area contributed by atoms with Crippen LogP contribution in [0.5, 0.6) is 0 Å². The topological polar surface area (TPSA) is 60.0 Å². The Morgan fingerprint density at radius 2 is 2.29 bits per heavy atom. The number of rotatable bonds is 3. The van der Waals surface area contributed by atoms with Crippen LogP contribution in [-0.4, -0.2) is 10.5 Å². The molecule has 0 saturated carbocycles. The lowest BCUT2D eigenvalue weighted by Gasteiger charge is -2.22. The van der Waals surface area contributed by atoms with E-state index < -0.39 is 0 Å². The summed E-state index contributed by atoms with van der Waals surface area (Å²) >= 11 is 0. The standard InChI is InChI=1S/C17H23N3O/c1-3-10-20-15-11(2)6-4-7-12(15)13-8-5-9-14(16(13)20)17(21)19-18/h5,8-9,11H,3-4,6-7,10,18H2,1-2H3,(H,19,21). The Morgan fingerprint density at radius 3 is 3.00 bits per heavy atom. The molecule has 1 aliphatic rings. The molecule has 3 N–H and O–H groups in total. The summed E-state index contributed by atoms with van der Waals surface area (Å²) in [5, 5.41) is 1.23. The molecular formula is C17H23N3O. The largest absolute Gasteiger partial charge is 0.343 e. The molecule has 3 rings (SSSR count). The van der Waals surface area contributed by atoms with Gasteiger partial charge in [0.15, 0.2) is 0 Å². The molecule has 0 aliphatic heterocycles. The summed E-state index contributed by atoms with van der Waals surface area (Å²) in [5.41, 5.74) is 6.88. The zero-order valence-corrected chi connectivity index (χ0v) is 12.8. The van der Waals surface area contributed by atoms with E-state index in [9.17, 15) is 4.79 Å². The van der Waals surface area contributed by atoms with Crippen molar-refractivity contribution in [3.05, 3.63) is 35.0 Å². The molecule has 1 amide bonds. The number of amides is 1. The lowest BCUT2D eigenvalue weighted by atomic mass is 9.88. The number of hydrazine groups is 1. The number of fused-ring (bicyclic) bond motifs is 3. The van der Waals surface area contributed by atoms with E-state index in [0.717, 1.165) is 24.9 Å². The number of para-hydroxylation sites is 1. The summed E-state index contributed by atoms with van der Waals surface area (Å²) in [6.45, 7) is 5.42. The minimum Gasteiger partial charge on any atom is -0.343 e. The maximum Gasteiger partial charge on any atom is 0.267 e. The minimum absolute atomic E-state index is 0.208. The van der Waals surface area contributed by atoms with E-state index >= 15 is 0 Å². The molecule has 0 radical (unpaired) electrons. The number of aryl methyl sites for hydroxylation is 2. The van der Waals surface area contributed by atoms with Crippen molar-refractivity contribution in [2.45, 2.75) is 52.0 Å². The third-order valence-corrected chi connectivity index (χ3v) is 4.58. The molecule has 4 heteroatoms. The van der Waals surface area contributed by atoms with Gasteiger partial charge >= 0.3 is 0 Å². The van der Waals surface area contributed by atoms with Crippen molar-refractivity contribution in [1.82, 2.24) is 9.99 Å². The molecule has 0 spiro atoms. The Hall–Kier alpha value is -1.81. The van der Waals surface area contributed by atoms with Gasteiger partial charge in [0.05, 0.1) is 11.1 Å². The van der Waals surface area contributed by atoms with Gasteiger partial charge in [0, 0.05) is 17.6 Å². The molecule has 112 valence electrons. The number of nitrogens with two attached hydrogens (primary N) is 1. The second-order valence-electron chi connectivity index (χ2n) is 5.98.